The number of benzene rings is 1. The summed E-state index contributed by atoms with van der Waals surface area (Å²) in [7, 11) is 0. The minimum Gasteiger partial charge on any atom is -0.365 e. The predicted octanol–water partition coefficient (Wildman–Crippen LogP) is 3.03. The van der Waals surface area contributed by atoms with E-state index in [1.165, 1.54) is 6.07 Å². The summed E-state index contributed by atoms with van der Waals surface area (Å²) in [6.45, 7) is 5.45. The van der Waals surface area contributed by atoms with E-state index in [0.717, 1.165) is 11.0 Å². The van der Waals surface area contributed by atoms with Gasteiger partial charge in [0.05, 0.1) is 11.7 Å². The lowest BCUT2D eigenvalue weighted by Gasteiger charge is -2.37. The fourth-order valence-electron chi connectivity index (χ4n) is 1.91. The van der Waals surface area contributed by atoms with Gasteiger partial charge in [-0.1, -0.05) is 22.0 Å². The van der Waals surface area contributed by atoms with E-state index < -0.39 is 0 Å². The first-order chi connectivity index (χ1) is 7.48. The zero-order valence-electron chi connectivity index (χ0n) is 9.39. The molecule has 1 saturated heterocycles. The molecule has 0 amide bonds. The van der Waals surface area contributed by atoms with Crippen LogP contribution in [-0.4, -0.2) is 18.7 Å². The topological polar surface area (TPSA) is 21.3 Å². The summed E-state index contributed by atoms with van der Waals surface area (Å²) in [4.78, 5) is 0. The van der Waals surface area contributed by atoms with Gasteiger partial charge in [-0.3, -0.25) is 0 Å². The van der Waals surface area contributed by atoms with Gasteiger partial charge in [0.25, 0.3) is 0 Å². The molecular weight excluding hydrogens is 273 g/mol. The molecule has 0 bridgehead atoms. The van der Waals surface area contributed by atoms with E-state index in [9.17, 15) is 4.39 Å². The zero-order valence-corrected chi connectivity index (χ0v) is 11.0. The minimum atomic E-state index is -0.248. The number of hydrogen-bond donors (Lipinski definition) is 1. The van der Waals surface area contributed by atoms with Gasteiger partial charge in [0.15, 0.2) is 0 Å². The van der Waals surface area contributed by atoms with E-state index in [1.807, 2.05) is 19.9 Å². The number of halogens is 2. The van der Waals surface area contributed by atoms with Crippen LogP contribution in [0.5, 0.6) is 0 Å². The van der Waals surface area contributed by atoms with Crippen LogP contribution in [0.15, 0.2) is 22.7 Å². The quantitative estimate of drug-likeness (QED) is 0.857. The van der Waals surface area contributed by atoms with Crippen molar-refractivity contribution < 1.29 is 9.13 Å². The number of morpholine rings is 1. The van der Waals surface area contributed by atoms with Crippen molar-refractivity contribution in [2.45, 2.75) is 25.6 Å². The van der Waals surface area contributed by atoms with E-state index in [-0.39, 0.29) is 17.5 Å². The largest absolute Gasteiger partial charge is 0.365 e. The zero-order chi connectivity index (χ0) is 11.8. The van der Waals surface area contributed by atoms with Gasteiger partial charge < -0.3 is 10.1 Å². The van der Waals surface area contributed by atoms with Gasteiger partial charge in [0.2, 0.25) is 0 Å². The molecule has 1 heterocycles. The molecule has 2 nitrogen and oxygen atoms in total. The summed E-state index contributed by atoms with van der Waals surface area (Å²) in [6, 6.07) is 5.08. The number of nitrogens with one attached hydrogen (secondary N) is 1. The molecule has 2 rings (SSSR count). The third-order valence-corrected chi connectivity index (χ3v) is 3.14. The van der Waals surface area contributed by atoms with Crippen LogP contribution in [0, 0.1) is 5.82 Å². The second-order valence-electron chi connectivity index (χ2n) is 4.66. The van der Waals surface area contributed by atoms with Gasteiger partial charge in [-0.25, -0.2) is 4.39 Å². The van der Waals surface area contributed by atoms with Crippen LogP contribution in [0.2, 0.25) is 0 Å². The van der Waals surface area contributed by atoms with Crippen LogP contribution in [0.4, 0.5) is 4.39 Å². The van der Waals surface area contributed by atoms with Crippen molar-refractivity contribution in [1.29, 1.82) is 0 Å². The normalized spacial score (nSPS) is 24.4. The molecule has 0 saturated carbocycles. The maximum atomic E-state index is 13.7. The van der Waals surface area contributed by atoms with Gasteiger partial charge in [0, 0.05) is 23.1 Å². The Morgan fingerprint density at radius 2 is 2.25 bits per heavy atom. The molecule has 4 heteroatoms. The van der Waals surface area contributed by atoms with E-state index >= 15 is 0 Å². The van der Waals surface area contributed by atoms with Gasteiger partial charge in [-0.15, -0.1) is 0 Å². The molecule has 1 atom stereocenters. The summed E-state index contributed by atoms with van der Waals surface area (Å²) in [5, 5.41) is 3.26. The maximum Gasteiger partial charge on any atom is 0.130 e. The van der Waals surface area contributed by atoms with Gasteiger partial charge in [0.1, 0.15) is 5.82 Å². The smallest absolute Gasteiger partial charge is 0.130 e. The summed E-state index contributed by atoms with van der Waals surface area (Å²) < 4.78 is 20.4. The Labute approximate surface area is 103 Å². The highest BCUT2D eigenvalue weighted by molar-refractivity contribution is 9.10. The Bertz CT molecular complexity index is 395. The van der Waals surface area contributed by atoms with Crippen LogP contribution in [0.3, 0.4) is 0 Å². The molecule has 1 fully saturated rings. The Balaban J connectivity index is 2.23. The second kappa shape index (κ2) is 4.43. The maximum absolute atomic E-state index is 13.7. The lowest BCUT2D eigenvalue weighted by atomic mass is 10.0. The van der Waals surface area contributed by atoms with Crippen LogP contribution in [0.25, 0.3) is 0 Å². The Morgan fingerprint density at radius 1 is 1.50 bits per heavy atom. The molecule has 1 unspecified atom stereocenters. The molecule has 1 N–H and O–H groups in total. The molecule has 0 aliphatic carbocycles. The third kappa shape index (κ3) is 2.62. The first kappa shape index (κ1) is 12.0. The van der Waals surface area contributed by atoms with Gasteiger partial charge in [-0.05, 0) is 26.0 Å². The molecule has 1 aromatic carbocycles. The fourth-order valence-corrected chi connectivity index (χ4v) is 2.24. The van der Waals surface area contributed by atoms with Crippen LogP contribution >= 0.6 is 15.9 Å². The third-order valence-electron chi connectivity index (χ3n) is 2.65. The highest BCUT2D eigenvalue weighted by Gasteiger charge is 2.30. The highest BCUT2D eigenvalue weighted by atomic mass is 79.9. The Hall–Kier alpha value is -0.450. The number of rotatable bonds is 1. The summed E-state index contributed by atoms with van der Waals surface area (Å²) in [5.41, 5.74) is 0.367. The van der Waals surface area contributed by atoms with Crippen molar-refractivity contribution in [2.24, 2.45) is 0 Å². The summed E-state index contributed by atoms with van der Waals surface area (Å²) >= 11 is 3.25. The first-order valence-corrected chi connectivity index (χ1v) is 6.11. The SMILES string of the molecule is CC1(C)CNCC(c2ccc(Br)cc2F)O1. The highest BCUT2D eigenvalue weighted by Crippen LogP contribution is 2.29. The molecule has 16 heavy (non-hydrogen) atoms. The van der Waals surface area contributed by atoms with E-state index in [2.05, 4.69) is 21.2 Å². The standard InChI is InChI=1S/C12H15BrFNO/c1-12(2)7-15-6-11(16-12)9-4-3-8(13)5-10(9)14/h3-5,11,15H,6-7H2,1-2H3. The van der Waals surface area contributed by atoms with Gasteiger partial charge >= 0.3 is 0 Å². The van der Waals surface area contributed by atoms with Crippen molar-refractivity contribution in [1.82, 2.24) is 5.32 Å². The van der Waals surface area contributed by atoms with E-state index in [0.29, 0.717) is 12.1 Å². The van der Waals surface area contributed by atoms with Crippen LogP contribution in [0.1, 0.15) is 25.5 Å². The number of hydrogen-bond acceptors (Lipinski definition) is 2. The molecule has 1 aliphatic rings. The van der Waals surface area contributed by atoms with Crippen molar-refractivity contribution in [2.75, 3.05) is 13.1 Å². The lowest BCUT2D eigenvalue weighted by Crippen LogP contribution is -2.47. The number of ether oxygens (including phenoxy) is 1. The molecule has 88 valence electrons. The van der Waals surface area contributed by atoms with Crippen molar-refractivity contribution in [3.05, 3.63) is 34.1 Å². The molecule has 1 aliphatic heterocycles. The van der Waals surface area contributed by atoms with E-state index in [4.69, 9.17) is 4.74 Å². The molecule has 0 aromatic heterocycles. The van der Waals surface area contributed by atoms with Gasteiger partial charge in [-0.2, -0.15) is 0 Å². The predicted molar refractivity (Wildman–Crippen MR) is 64.9 cm³/mol. The first-order valence-electron chi connectivity index (χ1n) is 5.31. The molecular formula is C12H15BrFNO. The van der Waals surface area contributed by atoms with Crippen molar-refractivity contribution in [3.8, 4) is 0 Å². The Kier molecular flexibility index (Phi) is 3.33. The monoisotopic (exact) mass is 287 g/mol. The van der Waals surface area contributed by atoms with Crippen LogP contribution < -0.4 is 5.32 Å². The Morgan fingerprint density at radius 3 is 2.88 bits per heavy atom. The molecule has 0 radical (unpaired) electrons. The summed E-state index contributed by atoms with van der Waals surface area (Å²) in [5.74, 6) is -0.223. The molecule has 1 aromatic rings. The average Bonchev–Trinajstić information content (AvgIpc) is 2.15. The minimum absolute atomic E-state index is 0.211. The lowest BCUT2D eigenvalue weighted by molar-refractivity contribution is -0.0970. The second-order valence-corrected chi connectivity index (χ2v) is 5.58. The molecule has 0 spiro atoms. The van der Waals surface area contributed by atoms with Crippen molar-refractivity contribution in [3.63, 3.8) is 0 Å². The van der Waals surface area contributed by atoms with Crippen LogP contribution in [-0.2, 0) is 4.74 Å². The summed E-state index contributed by atoms with van der Waals surface area (Å²) in [6.07, 6.45) is -0.211. The average molecular weight is 288 g/mol. The van der Waals surface area contributed by atoms with E-state index in [1.54, 1.807) is 6.07 Å². The van der Waals surface area contributed by atoms with Crippen molar-refractivity contribution >= 4 is 15.9 Å². The fraction of sp³-hybridized carbons (Fsp3) is 0.500.